The predicted molar refractivity (Wildman–Crippen MR) is 533 cm³/mol. The Balaban J connectivity index is 0.000000149. The maximum atomic E-state index is 5.84. The monoisotopic (exact) mass is 1770 g/mol. The molecule has 128 heavy (non-hydrogen) atoms. The molecule has 0 bridgehead atoms. The molecular weight excluding hydrogens is 1600 g/mol. The van der Waals surface area contributed by atoms with Gasteiger partial charge in [0.2, 0.25) is 0 Å². The number of piperazine rings is 4. The van der Waals surface area contributed by atoms with Gasteiger partial charge in [-0.25, -0.2) is 0 Å². The van der Waals surface area contributed by atoms with Crippen molar-refractivity contribution in [1.29, 1.82) is 0 Å². The summed E-state index contributed by atoms with van der Waals surface area (Å²) in [6.45, 7) is 75.8. The van der Waals surface area contributed by atoms with E-state index in [4.69, 9.17) is 47.4 Å². The van der Waals surface area contributed by atoms with Crippen molar-refractivity contribution in [3.8, 4) is 23.0 Å². The number of benzene rings is 6. The van der Waals surface area contributed by atoms with Crippen LogP contribution in [0.3, 0.4) is 0 Å². The smallest absolute Gasteiger partial charge is 0.142 e. The van der Waals surface area contributed by atoms with Gasteiger partial charge < -0.3 is 81.7 Å². The third kappa shape index (κ3) is 28.7. The van der Waals surface area contributed by atoms with E-state index in [2.05, 4.69) is 328 Å². The molecule has 21 heteroatoms. The highest BCUT2D eigenvalue weighted by molar-refractivity contribution is 5.65. The normalized spacial score (nSPS) is 20.8. The number of methoxy groups -OCH3 is 4. The molecule has 16 rings (SSSR count). The lowest BCUT2D eigenvalue weighted by atomic mass is 9.86. The van der Waals surface area contributed by atoms with Gasteiger partial charge in [-0.15, -0.1) is 0 Å². The number of hydrogen-bond acceptors (Lipinski definition) is 21. The summed E-state index contributed by atoms with van der Waals surface area (Å²) in [5.74, 6) is 3.96. The first kappa shape index (κ1) is 101. The SMILES string of the molecule is CC(C)(C)c1ccc(N2CCOCC2)cc1.CN(C)CC1CN(c2ccc(C(C)(C)C)cc2)CCO1.COc1cc(C(C)(C)C)ccc1N1CCN(C2COC2)C(C)(C)C1.COc1cc(C(C)(C)C)ccc1N1CCN(C2COC2)CC1.COc1cc(C(C)(C)C)ccc1N1CCN(CCOC2CC2)CC1.COc1cc(C(C)(C)C)ccc1N1CCN2CCOCC2C1. The Bertz CT molecular complexity index is 4330. The minimum Gasteiger partial charge on any atom is -0.495 e. The maximum Gasteiger partial charge on any atom is 0.142 e. The lowest BCUT2D eigenvalue weighted by Crippen LogP contribution is -2.66. The van der Waals surface area contributed by atoms with Crippen molar-refractivity contribution in [2.75, 3.05) is 275 Å². The minimum absolute atomic E-state index is 0.133. The summed E-state index contributed by atoms with van der Waals surface area (Å²) in [4.78, 5) is 27.0. The Kier molecular flexibility index (Phi) is 35.7. The third-order valence-corrected chi connectivity index (χ3v) is 27.0. The zero-order chi connectivity index (χ0) is 92.5. The molecule has 6 aromatic carbocycles. The van der Waals surface area contributed by atoms with Crippen molar-refractivity contribution in [2.45, 2.75) is 220 Å². The van der Waals surface area contributed by atoms with Crippen molar-refractivity contribution in [3.63, 3.8) is 0 Å². The van der Waals surface area contributed by atoms with Crippen molar-refractivity contribution in [3.05, 3.63) is 155 Å². The fourth-order valence-corrected chi connectivity index (χ4v) is 18.2. The molecule has 10 aliphatic rings. The highest BCUT2D eigenvalue weighted by Crippen LogP contribution is 2.42. The van der Waals surface area contributed by atoms with Crippen LogP contribution in [-0.4, -0.2) is 306 Å². The van der Waals surface area contributed by atoms with Gasteiger partial charge >= 0.3 is 0 Å². The zero-order valence-corrected chi connectivity index (χ0v) is 84.3. The molecule has 10 fully saturated rings. The zero-order valence-electron chi connectivity index (χ0n) is 84.3. The first-order valence-electron chi connectivity index (χ1n) is 48.2. The standard InChI is InChI=1S/2C20H32N2O2.2C18H28N2O2.C17H28N2O.C14H21NO/c1-19(2,3)15-7-8-17(18(11-15)23-6)21-9-10-22(16-12-24-13-16)20(4,5)14-21;1-20(2,3)16-5-8-18(19(15-16)23-4)22-11-9-21(10-12-22)13-14-24-17-6-7-17;1-18(2,3)14-5-6-16(17(11-14)21-4)20-9-7-19(8-10-20)15-12-22-13-15;1-18(2,3)14-5-6-16(17(11-14)21-4)20-8-7-19-9-10-22-13-15(19)12-20;1-17(2,3)14-6-8-15(9-7-14)19-10-11-20-16(13-19)12-18(4)5;1-14(2,3)12-4-6-13(7-5-12)15-8-10-16-11-9-15/h7-8,11,16H,9-10,12-14H2,1-6H3;5,8,15,17H,6-7,9-14H2,1-4H3;2*5-6,11,15H,7-10,12-13H2,1-4H3;6-9,16H,10-13H2,1-5H3;4-7H,8-11H2,1-3H3. The van der Waals surface area contributed by atoms with Gasteiger partial charge in [0.1, 0.15) is 23.0 Å². The molecule has 0 N–H and O–H groups in total. The van der Waals surface area contributed by atoms with Crippen molar-refractivity contribution in [1.82, 2.24) is 24.5 Å². The number of nitrogens with zero attached hydrogens (tertiary/aromatic N) is 11. The lowest BCUT2D eigenvalue weighted by molar-refractivity contribution is -0.100. The summed E-state index contributed by atoms with van der Waals surface area (Å²) in [5, 5.41) is 0. The average Bonchev–Trinajstić information content (AvgIpc) is 0.963. The first-order chi connectivity index (χ1) is 60.6. The number of morpholine rings is 3. The van der Waals surface area contributed by atoms with E-state index in [1.165, 1.54) is 80.3 Å². The van der Waals surface area contributed by atoms with E-state index in [0.717, 1.165) is 227 Å². The van der Waals surface area contributed by atoms with E-state index in [-0.39, 0.29) is 38.0 Å². The molecule has 1 aliphatic carbocycles. The van der Waals surface area contributed by atoms with Crippen LogP contribution >= 0.6 is 0 Å². The number of likely N-dealkylation sites (N-methyl/N-ethyl adjacent to an activating group) is 1. The highest BCUT2D eigenvalue weighted by Gasteiger charge is 2.42. The Labute approximate surface area is 774 Å². The molecule has 21 nitrogen and oxygen atoms in total. The van der Waals surface area contributed by atoms with Crippen LogP contribution in [0, 0.1) is 0 Å². The Morgan fingerprint density at radius 2 is 0.719 bits per heavy atom. The van der Waals surface area contributed by atoms with E-state index in [1.54, 1.807) is 28.4 Å². The molecule has 712 valence electrons. The fraction of sp³-hybridized carbons (Fsp3) is 0.664. The molecule has 1 saturated carbocycles. The topological polar surface area (TPSA) is 128 Å². The molecule has 0 aromatic heterocycles. The van der Waals surface area contributed by atoms with Gasteiger partial charge in [0.05, 0.1) is 148 Å². The molecule has 2 unspecified atom stereocenters. The van der Waals surface area contributed by atoms with Crippen molar-refractivity contribution < 1.29 is 47.4 Å². The van der Waals surface area contributed by atoms with Crippen LogP contribution in [0.25, 0.3) is 0 Å². The molecule has 9 aliphatic heterocycles. The number of hydrogen-bond donors (Lipinski definition) is 0. The number of fused-ring (bicyclic) bond motifs is 1. The quantitative estimate of drug-likeness (QED) is 0.0809. The van der Waals surface area contributed by atoms with Gasteiger partial charge in [0.25, 0.3) is 0 Å². The second-order valence-electron chi connectivity index (χ2n) is 43.9. The second kappa shape index (κ2) is 45.1. The van der Waals surface area contributed by atoms with Crippen molar-refractivity contribution >= 4 is 34.1 Å². The van der Waals surface area contributed by atoms with Gasteiger partial charge in [-0.3, -0.25) is 19.6 Å². The van der Waals surface area contributed by atoms with Crippen LogP contribution in [-0.2, 0) is 60.9 Å². The van der Waals surface area contributed by atoms with Crippen LogP contribution in [0.1, 0.15) is 185 Å². The van der Waals surface area contributed by atoms with Crippen LogP contribution in [0.4, 0.5) is 34.1 Å². The third-order valence-electron chi connectivity index (χ3n) is 27.0. The summed E-state index contributed by atoms with van der Waals surface area (Å²) in [5.41, 5.74) is 16.7. The largest absolute Gasteiger partial charge is 0.495 e. The molecule has 6 aromatic rings. The fourth-order valence-electron chi connectivity index (χ4n) is 18.2. The minimum atomic E-state index is 0.133. The van der Waals surface area contributed by atoms with Gasteiger partial charge in [-0.2, -0.15) is 0 Å². The molecule has 9 heterocycles. The van der Waals surface area contributed by atoms with Gasteiger partial charge in [0, 0.05) is 154 Å². The Morgan fingerprint density at radius 3 is 1.12 bits per heavy atom. The summed E-state index contributed by atoms with van der Waals surface area (Å²) in [6.07, 6.45) is 3.40. The predicted octanol–water partition coefficient (Wildman–Crippen LogP) is 17.2. The van der Waals surface area contributed by atoms with E-state index < -0.39 is 0 Å². The maximum absolute atomic E-state index is 5.84. The van der Waals surface area contributed by atoms with Crippen LogP contribution < -0.4 is 48.3 Å². The molecular formula is C107H169N11O10. The second-order valence-corrected chi connectivity index (χ2v) is 43.9. The van der Waals surface area contributed by atoms with E-state index in [0.29, 0.717) is 30.3 Å². The van der Waals surface area contributed by atoms with E-state index in [1.807, 2.05) is 0 Å². The van der Waals surface area contributed by atoms with Crippen LogP contribution in [0.15, 0.2) is 121 Å². The highest BCUT2D eigenvalue weighted by atomic mass is 16.5. The number of ether oxygens (including phenoxy) is 10. The lowest BCUT2D eigenvalue weighted by Gasteiger charge is -2.53. The van der Waals surface area contributed by atoms with Crippen LogP contribution in [0.2, 0.25) is 0 Å². The van der Waals surface area contributed by atoms with E-state index in [9.17, 15) is 0 Å². The number of anilines is 6. The summed E-state index contributed by atoms with van der Waals surface area (Å²) >= 11 is 0. The molecule has 0 radical (unpaired) electrons. The average molecular weight is 1770 g/mol. The molecule has 9 saturated heterocycles. The molecule has 2 atom stereocenters. The summed E-state index contributed by atoms with van der Waals surface area (Å²) in [6, 6.07) is 46.4. The first-order valence-corrected chi connectivity index (χ1v) is 48.2. The Morgan fingerprint density at radius 1 is 0.352 bits per heavy atom. The number of rotatable bonds is 18. The van der Waals surface area contributed by atoms with Crippen molar-refractivity contribution in [2.24, 2.45) is 0 Å². The van der Waals surface area contributed by atoms with Gasteiger partial charge in [-0.1, -0.05) is 173 Å². The Hall–Kier alpha value is -7.12. The summed E-state index contributed by atoms with van der Waals surface area (Å²) < 4.78 is 56.1. The molecule has 0 amide bonds. The summed E-state index contributed by atoms with van der Waals surface area (Å²) in [7, 11) is 11.3. The molecule has 0 spiro atoms. The van der Waals surface area contributed by atoms with Gasteiger partial charge in [0.15, 0.2) is 0 Å². The van der Waals surface area contributed by atoms with E-state index >= 15 is 0 Å². The van der Waals surface area contributed by atoms with Crippen LogP contribution in [0.5, 0.6) is 23.0 Å². The van der Waals surface area contributed by atoms with Gasteiger partial charge in [-0.05, 0) is 179 Å².